The van der Waals surface area contributed by atoms with Crippen molar-refractivity contribution in [2.24, 2.45) is 22.0 Å². The largest absolute Gasteiger partial charge is 0.331 e. The molecule has 2 aromatic rings. The molecule has 210 valence electrons. The van der Waals surface area contributed by atoms with Crippen LogP contribution in [0.25, 0.3) is 11.1 Å². The molecule has 1 aliphatic rings. The van der Waals surface area contributed by atoms with Gasteiger partial charge in [0.15, 0.2) is 0 Å². The molecule has 0 fully saturated rings. The van der Waals surface area contributed by atoms with Gasteiger partial charge in [0, 0.05) is 35.8 Å². The molecule has 3 N–H and O–H groups in total. The fourth-order valence-electron chi connectivity index (χ4n) is 5.11. The van der Waals surface area contributed by atoms with Gasteiger partial charge in [0.25, 0.3) is 0 Å². The molecule has 9 heteroatoms. The molecule has 8 nitrogen and oxygen atoms in total. The third-order valence-electron chi connectivity index (χ3n) is 7.15. The summed E-state index contributed by atoms with van der Waals surface area (Å²) in [7, 11) is 0. The van der Waals surface area contributed by atoms with E-state index in [9.17, 15) is 9.59 Å². The number of nitrogens with two attached hydrogens (primary N) is 1. The number of oxime groups is 2. The molecule has 0 saturated heterocycles. The van der Waals surface area contributed by atoms with E-state index >= 15 is 0 Å². The first kappa shape index (κ1) is 30.7. The molecule has 3 rings (SSSR count). The minimum absolute atomic E-state index is 0.192. The molecule has 0 saturated carbocycles. The molecule has 3 atom stereocenters. The highest BCUT2D eigenvalue weighted by molar-refractivity contribution is 9.10. The number of unbranched alkanes of at least 4 members (excludes halogenated alkanes) is 1. The molecule has 0 heterocycles. The van der Waals surface area contributed by atoms with E-state index in [0.717, 1.165) is 64.5 Å². The van der Waals surface area contributed by atoms with Crippen LogP contribution in [0, 0.1) is 5.92 Å². The molecule has 0 aliphatic heterocycles. The fraction of sp³-hybridized carbons (Fsp3) is 0.467. The Morgan fingerprint density at radius 1 is 0.974 bits per heavy atom. The number of hydrogen-bond donors (Lipinski definition) is 2. The average Bonchev–Trinajstić information content (AvgIpc) is 3.16. The van der Waals surface area contributed by atoms with Crippen molar-refractivity contribution in [3.05, 3.63) is 57.6 Å². The molecule has 0 spiro atoms. The van der Waals surface area contributed by atoms with Crippen molar-refractivity contribution in [3.63, 3.8) is 0 Å². The van der Waals surface area contributed by atoms with Gasteiger partial charge in [-0.3, -0.25) is 0 Å². The van der Waals surface area contributed by atoms with Crippen molar-refractivity contribution in [1.82, 2.24) is 5.32 Å². The van der Waals surface area contributed by atoms with E-state index in [-0.39, 0.29) is 6.04 Å². The van der Waals surface area contributed by atoms with Gasteiger partial charge in [-0.2, -0.15) is 0 Å². The van der Waals surface area contributed by atoms with Crippen molar-refractivity contribution in [3.8, 4) is 11.1 Å². The van der Waals surface area contributed by atoms with E-state index in [2.05, 4.69) is 75.7 Å². The summed E-state index contributed by atoms with van der Waals surface area (Å²) in [5.74, 6) is -1.46. The summed E-state index contributed by atoms with van der Waals surface area (Å²) in [6.45, 7) is 11.3. The first-order chi connectivity index (χ1) is 18.6. The van der Waals surface area contributed by atoms with E-state index in [1.54, 1.807) is 6.92 Å². The average molecular weight is 600 g/mol. The van der Waals surface area contributed by atoms with Crippen molar-refractivity contribution in [2.75, 3.05) is 6.54 Å². The third-order valence-corrected chi connectivity index (χ3v) is 7.65. The Morgan fingerprint density at radius 3 is 2.21 bits per heavy atom. The van der Waals surface area contributed by atoms with Crippen LogP contribution in [0.5, 0.6) is 0 Å². The van der Waals surface area contributed by atoms with Crippen LogP contribution >= 0.6 is 15.9 Å². The number of hydrogen-bond acceptors (Lipinski definition) is 8. The minimum atomic E-state index is -0.619. The number of fused-ring (bicyclic) bond motifs is 3. The molecular formula is C30H39BrN4O4. The third kappa shape index (κ3) is 6.65. The summed E-state index contributed by atoms with van der Waals surface area (Å²) in [6, 6.07) is 12.3. The van der Waals surface area contributed by atoms with Crippen LogP contribution in [0.1, 0.15) is 83.9 Å². The Labute approximate surface area is 239 Å². The second kappa shape index (κ2) is 13.5. The first-order valence-corrected chi connectivity index (χ1v) is 14.3. The zero-order valence-electron chi connectivity index (χ0n) is 23.6. The molecular weight excluding hydrogens is 560 g/mol. The summed E-state index contributed by atoms with van der Waals surface area (Å²) in [4.78, 5) is 33.0. The zero-order chi connectivity index (χ0) is 28.7. The summed E-state index contributed by atoms with van der Waals surface area (Å²) < 4.78 is 0.989. The standard InChI is InChI=1S/C30H39BrN4O4/c1-7-9-15-33-30(28(32)10-8-2)26-16-22(11-13-24(26)25-14-12-23(31)17-27(25)30)29(35-39-21(6)37)18(3)19(4)34-38-20(5)36/h11-14,16-18,28,33H,7-10,15,32H2,1-6H3/b34-19+,35-29+. The van der Waals surface area contributed by atoms with Crippen molar-refractivity contribution in [2.45, 2.75) is 78.8 Å². The fourth-order valence-corrected chi connectivity index (χ4v) is 5.47. The Morgan fingerprint density at radius 2 is 1.59 bits per heavy atom. The van der Waals surface area contributed by atoms with E-state index in [0.29, 0.717) is 11.4 Å². The molecule has 0 bridgehead atoms. The van der Waals surface area contributed by atoms with Crippen LogP contribution in [0.3, 0.4) is 0 Å². The number of nitrogens with one attached hydrogen (secondary N) is 1. The highest BCUT2D eigenvalue weighted by Gasteiger charge is 2.47. The summed E-state index contributed by atoms with van der Waals surface area (Å²) in [5.41, 5.74) is 12.6. The van der Waals surface area contributed by atoms with Crippen LogP contribution in [0.2, 0.25) is 0 Å². The van der Waals surface area contributed by atoms with E-state index < -0.39 is 23.4 Å². The number of nitrogens with zero attached hydrogens (tertiary/aromatic N) is 2. The van der Waals surface area contributed by atoms with Crippen LogP contribution in [-0.2, 0) is 24.8 Å². The maximum absolute atomic E-state index is 11.7. The topological polar surface area (TPSA) is 115 Å². The lowest BCUT2D eigenvalue weighted by Crippen LogP contribution is -2.55. The lowest BCUT2D eigenvalue weighted by molar-refractivity contribution is -0.141. The van der Waals surface area contributed by atoms with Gasteiger partial charge in [-0.1, -0.05) is 78.1 Å². The van der Waals surface area contributed by atoms with E-state index in [4.69, 9.17) is 15.4 Å². The molecule has 0 aromatic heterocycles. The monoisotopic (exact) mass is 598 g/mol. The highest BCUT2D eigenvalue weighted by atomic mass is 79.9. The van der Waals surface area contributed by atoms with Gasteiger partial charge in [-0.25, -0.2) is 9.59 Å². The van der Waals surface area contributed by atoms with Crippen molar-refractivity contribution < 1.29 is 19.3 Å². The predicted octanol–water partition coefficient (Wildman–Crippen LogP) is 6.03. The normalized spacial score (nSPS) is 18.3. The lowest BCUT2D eigenvalue weighted by Gasteiger charge is -2.39. The van der Waals surface area contributed by atoms with Crippen molar-refractivity contribution >= 4 is 39.3 Å². The second-order valence-corrected chi connectivity index (χ2v) is 10.9. The van der Waals surface area contributed by atoms with Gasteiger partial charge in [0.1, 0.15) is 0 Å². The number of rotatable bonds is 12. The SMILES string of the molecule is CCCCNC1(C(N)CCC)c2cc(Br)ccc2-c2ccc(/C(=N/OC(C)=O)C(C)/C(C)=N/OC(C)=O)cc21. The van der Waals surface area contributed by atoms with E-state index in [1.165, 1.54) is 13.8 Å². The van der Waals surface area contributed by atoms with Gasteiger partial charge in [0.2, 0.25) is 0 Å². The van der Waals surface area contributed by atoms with Gasteiger partial charge in [0.05, 0.1) is 17.0 Å². The molecule has 0 radical (unpaired) electrons. The summed E-state index contributed by atoms with van der Waals surface area (Å²) >= 11 is 3.68. The lowest BCUT2D eigenvalue weighted by atomic mass is 9.78. The maximum atomic E-state index is 11.7. The Hall–Kier alpha value is -2.88. The molecule has 2 aromatic carbocycles. The number of benzene rings is 2. The smallest absolute Gasteiger partial charge is 0.326 e. The number of halogens is 1. The quantitative estimate of drug-likeness (QED) is 0.133. The highest BCUT2D eigenvalue weighted by Crippen LogP contribution is 2.50. The Balaban J connectivity index is 2.25. The first-order valence-electron chi connectivity index (χ1n) is 13.5. The molecule has 0 amide bonds. The van der Waals surface area contributed by atoms with Gasteiger partial charge in [-0.15, -0.1) is 0 Å². The van der Waals surface area contributed by atoms with Crippen LogP contribution in [0.15, 0.2) is 51.2 Å². The van der Waals surface area contributed by atoms with Crippen LogP contribution in [0.4, 0.5) is 0 Å². The Bertz CT molecular complexity index is 1280. The minimum Gasteiger partial charge on any atom is -0.326 e. The summed E-state index contributed by atoms with van der Waals surface area (Å²) in [5, 5.41) is 12.0. The predicted molar refractivity (Wildman–Crippen MR) is 158 cm³/mol. The molecule has 1 aliphatic carbocycles. The van der Waals surface area contributed by atoms with Crippen molar-refractivity contribution in [1.29, 1.82) is 0 Å². The maximum Gasteiger partial charge on any atom is 0.331 e. The molecule has 39 heavy (non-hydrogen) atoms. The second-order valence-electron chi connectivity index (χ2n) is 10.0. The van der Waals surface area contributed by atoms with Gasteiger partial charge in [-0.05, 0) is 66.8 Å². The number of carbonyl (C=O) groups excluding carboxylic acids is 2. The molecule has 3 unspecified atom stereocenters. The number of carbonyl (C=O) groups is 2. The van der Waals surface area contributed by atoms with E-state index in [1.807, 2.05) is 13.0 Å². The zero-order valence-corrected chi connectivity index (χ0v) is 25.2. The summed E-state index contributed by atoms with van der Waals surface area (Å²) in [6.07, 6.45) is 3.84. The van der Waals surface area contributed by atoms with Gasteiger partial charge < -0.3 is 20.7 Å². The van der Waals surface area contributed by atoms with Crippen LogP contribution < -0.4 is 11.1 Å². The van der Waals surface area contributed by atoms with Gasteiger partial charge >= 0.3 is 11.9 Å². The Kier molecular flexibility index (Phi) is 10.6. The van der Waals surface area contributed by atoms with Crippen LogP contribution in [-0.4, -0.2) is 35.9 Å².